The van der Waals surface area contributed by atoms with E-state index >= 15 is 0 Å². The SMILES string of the molecule is CC(C)(C)[Si](C)(C)O[C@H]1CC[C@H]2[C@@H]3CCC4C[C@](O)(CC5CCCCC5)CC[C@]4(C)[C@H]3CC[C@]12C. The van der Waals surface area contributed by atoms with E-state index in [0.29, 0.717) is 22.0 Å². The lowest BCUT2D eigenvalue weighted by molar-refractivity contribution is -0.158. The Morgan fingerprint density at radius 1 is 0.800 bits per heavy atom. The van der Waals surface area contributed by atoms with Gasteiger partial charge in [0, 0.05) is 0 Å². The Morgan fingerprint density at radius 3 is 2.17 bits per heavy atom. The number of rotatable bonds is 4. The lowest BCUT2D eigenvalue weighted by Gasteiger charge is -2.62. The Balaban J connectivity index is 1.28. The molecule has 1 N–H and O–H groups in total. The fourth-order valence-corrected chi connectivity index (χ4v) is 11.6. The summed E-state index contributed by atoms with van der Waals surface area (Å²) in [5.74, 6) is 4.17. The quantitative estimate of drug-likeness (QED) is 0.388. The highest BCUT2D eigenvalue weighted by Crippen LogP contribution is 2.68. The average Bonchev–Trinajstić information content (AvgIpc) is 3.10. The van der Waals surface area contributed by atoms with Crippen LogP contribution in [-0.4, -0.2) is 25.1 Å². The summed E-state index contributed by atoms with van der Waals surface area (Å²) in [7, 11) is -1.74. The van der Waals surface area contributed by atoms with Gasteiger partial charge in [-0.05, 0) is 123 Å². The van der Waals surface area contributed by atoms with Gasteiger partial charge in [-0.1, -0.05) is 66.7 Å². The molecule has 3 heteroatoms. The summed E-state index contributed by atoms with van der Waals surface area (Å²) in [5.41, 5.74) is 0.481. The van der Waals surface area contributed by atoms with E-state index in [9.17, 15) is 5.11 Å². The van der Waals surface area contributed by atoms with Crippen LogP contribution in [0.5, 0.6) is 0 Å². The third kappa shape index (κ3) is 4.64. The molecule has 35 heavy (non-hydrogen) atoms. The van der Waals surface area contributed by atoms with E-state index in [2.05, 4.69) is 47.7 Å². The van der Waals surface area contributed by atoms with Gasteiger partial charge < -0.3 is 9.53 Å². The first-order valence-corrected chi connectivity index (χ1v) is 18.6. The van der Waals surface area contributed by atoms with Crippen LogP contribution in [0.2, 0.25) is 18.1 Å². The van der Waals surface area contributed by atoms with Gasteiger partial charge in [0.1, 0.15) is 0 Å². The van der Waals surface area contributed by atoms with Crippen LogP contribution >= 0.6 is 0 Å². The van der Waals surface area contributed by atoms with E-state index in [0.717, 1.165) is 48.9 Å². The Labute approximate surface area is 218 Å². The Hall–Kier alpha value is 0.137. The van der Waals surface area contributed by atoms with E-state index in [4.69, 9.17) is 4.43 Å². The largest absolute Gasteiger partial charge is 0.413 e. The standard InChI is InChI=1S/C32H58O2Si/c1-29(2,3)35(6,7)34-28-16-15-26-25-14-13-24-22-32(33,21-23-11-9-8-10-12-23)20-19-30(24,4)27(25)17-18-31(26,28)5/h23-28,33H,8-22H2,1-7H3/t24?,25-,26-,27-,28-,30-,31-,32+/m0/s1. The molecule has 5 aliphatic carbocycles. The van der Waals surface area contributed by atoms with E-state index in [1.165, 1.54) is 77.0 Å². The molecule has 0 aromatic heterocycles. The van der Waals surface area contributed by atoms with Gasteiger partial charge in [-0.2, -0.15) is 0 Å². The van der Waals surface area contributed by atoms with Crippen LogP contribution in [-0.2, 0) is 4.43 Å². The number of aliphatic hydroxyl groups is 1. The Kier molecular flexibility index (Phi) is 6.96. The molecule has 0 heterocycles. The number of hydrogen-bond donors (Lipinski definition) is 1. The topological polar surface area (TPSA) is 29.5 Å². The molecule has 0 saturated heterocycles. The zero-order valence-electron chi connectivity index (χ0n) is 24.4. The molecule has 5 saturated carbocycles. The van der Waals surface area contributed by atoms with Crippen LogP contribution in [0.4, 0.5) is 0 Å². The summed E-state index contributed by atoms with van der Waals surface area (Å²) >= 11 is 0. The molecule has 0 bridgehead atoms. The molecule has 5 aliphatic rings. The predicted octanol–water partition coefficient (Wildman–Crippen LogP) is 9.12. The maximum absolute atomic E-state index is 11.8. The molecular weight excluding hydrogens is 444 g/mol. The third-order valence-electron chi connectivity index (χ3n) is 13.4. The molecule has 0 aromatic carbocycles. The molecule has 0 spiro atoms. The molecule has 0 amide bonds. The summed E-state index contributed by atoms with van der Waals surface area (Å²) in [5, 5.41) is 12.1. The number of hydrogen-bond acceptors (Lipinski definition) is 2. The van der Waals surface area contributed by atoms with Crippen LogP contribution in [0.1, 0.15) is 131 Å². The van der Waals surface area contributed by atoms with Gasteiger partial charge in [-0.3, -0.25) is 0 Å². The molecule has 5 fully saturated rings. The average molecular weight is 503 g/mol. The third-order valence-corrected chi connectivity index (χ3v) is 17.9. The Morgan fingerprint density at radius 2 is 1.49 bits per heavy atom. The van der Waals surface area contributed by atoms with Gasteiger partial charge in [-0.25, -0.2) is 0 Å². The summed E-state index contributed by atoms with van der Waals surface area (Å²) in [6, 6.07) is 0. The van der Waals surface area contributed by atoms with Crippen LogP contribution < -0.4 is 0 Å². The van der Waals surface area contributed by atoms with Gasteiger partial charge in [0.25, 0.3) is 0 Å². The molecule has 1 unspecified atom stereocenters. The first-order chi connectivity index (χ1) is 16.3. The van der Waals surface area contributed by atoms with Gasteiger partial charge in [-0.15, -0.1) is 0 Å². The monoisotopic (exact) mass is 502 g/mol. The molecule has 2 nitrogen and oxygen atoms in total. The van der Waals surface area contributed by atoms with Crippen LogP contribution in [0.3, 0.4) is 0 Å². The molecule has 202 valence electrons. The second-order valence-electron chi connectivity index (χ2n) is 16.3. The first-order valence-electron chi connectivity index (χ1n) is 15.7. The van der Waals surface area contributed by atoms with Crippen molar-refractivity contribution in [1.29, 1.82) is 0 Å². The fourth-order valence-electron chi connectivity index (χ4n) is 10.1. The van der Waals surface area contributed by atoms with Gasteiger partial charge >= 0.3 is 0 Å². The van der Waals surface area contributed by atoms with Gasteiger partial charge in [0.2, 0.25) is 0 Å². The van der Waals surface area contributed by atoms with Crippen molar-refractivity contribution < 1.29 is 9.53 Å². The van der Waals surface area contributed by atoms with Crippen molar-refractivity contribution in [1.82, 2.24) is 0 Å². The van der Waals surface area contributed by atoms with Crippen molar-refractivity contribution in [3.63, 3.8) is 0 Å². The van der Waals surface area contributed by atoms with E-state index < -0.39 is 8.32 Å². The zero-order chi connectivity index (χ0) is 25.3. The minimum absolute atomic E-state index is 0.292. The maximum Gasteiger partial charge on any atom is 0.192 e. The number of fused-ring (bicyclic) bond motifs is 5. The minimum atomic E-state index is -1.74. The maximum atomic E-state index is 11.8. The smallest absolute Gasteiger partial charge is 0.192 e. The molecule has 5 rings (SSSR count). The van der Waals surface area contributed by atoms with Crippen molar-refractivity contribution >= 4 is 8.32 Å². The minimum Gasteiger partial charge on any atom is -0.413 e. The molecule has 8 atom stereocenters. The highest BCUT2D eigenvalue weighted by molar-refractivity contribution is 6.74. The van der Waals surface area contributed by atoms with E-state index in [1.807, 2.05) is 0 Å². The highest BCUT2D eigenvalue weighted by atomic mass is 28.4. The first kappa shape index (κ1) is 26.7. The van der Waals surface area contributed by atoms with Crippen LogP contribution in [0, 0.1) is 40.4 Å². The molecule has 0 aliphatic heterocycles. The van der Waals surface area contributed by atoms with Gasteiger partial charge in [0.15, 0.2) is 8.32 Å². The lowest BCUT2D eigenvalue weighted by Crippen LogP contribution is -2.57. The van der Waals surface area contributed by atoms with Crippen molar-refractivity contribution in [2.45, 2.75) is 161 Å². The van der Waals surface area contributed by atoms with Crippen LogP contribution in [0.25, 0.3) is 0 Å². The van der Waals surface area contributed by atoms with Crippen LogP contribution in [0.15, 0.2) is 0 Å². The molecule has 0 radical (unpaired) electrons. The predicted molar refractivity (Wildman–Crippen MR) is 150 cm³/mol. The summed E-state index contributed by atoms with van der Waals surface area (Å²) in [4.78, 5) is 0. The second-order valence-corrected chi connectivity index (χ2v) is 21.0. The van der Waals surface area contributed by atoms with E-state index in [1.54, 1.807) is 0 Å². The van der Waals surface area contributed by atoms with Crippen molar-refractivity contribution in [3.05, 3.63) is 0 Å². The normalized spacial score (nSPS) is 47.1. The Bertz CT molecular complexity index is 766. The summed E-state index contributed by atoms with van der Waals surface area (Å²) < 4.78 is 7.15. The van der Waals surface area contributed by atoms with E-state index in [-0.39, 0.29) is 5.60 Å². The van der Waals surface area contributed by atoms with Crippen molar-refractivity contribution in [2.24, 2.45) is 40.4 Å². The van der Waals surface area contributed by atoms with Crippen molar-refractivity contribution in [3.8, 4) is 0 Å². The molecular formula is C32H58O2Si. The van der Waals surface area contributed by atoms with Crippen molar-refractivity contribution in [2.75, 3.05) is 0 Å². The van der Waals surface area contributed by atoms with Gasteiger partial charge in [0.05, 0.1) is 11.7 Å². The highest BCUT2D eigenvalue weighted by Gasteiger charge is 2.62. The summed E-state index contributed by atoms with van der Waals surface area (Å²) in [6.07, 6.45) is 20.2. The fraction of sp³-hybridized carbons (Fsp3) is 1.00. The lowest BCUT2D eigenvalue weighted by atomic mass is 9.44. The summed E-state index contributed by atoms with van der Waals surface area (Å²) in [6.45, 7) is 17.4. The zero-order valence-corrected chi connectivity index (χ0v) is 25.4. The second kappa shape index (κ2) is 9.11. The molecule has 0 aromatic rings.